The van der Waals surface area contributed by atoms with E-state index in [1.54, 1.807) is 13.2 Å². The molecule has 168 valence electrons. The first-order chi connectivity index (χ1) is 15.5. The van der Waals surface area contributed by atoms with Crippen LogP contribution < -0.4 is 15.4 Å². The van der Waals surface area contributed by atoms with Crippen LogP contribution >= 0.6 is 0 Å². The van der Waals surface area contributed by atoms with Gasteiger partial charge in [0.1, 0.15) is 23.5 Å². The zero-order chi connectivity index (χ0) is 22.8. The number of hydrogen-bond acceptors (Lipinski definition) is 5. The van der Waals surface area contributed by atoms with Gasteiger partial charge in [0.15, 0.2) is 0 Å². The Morgan fingerprint density at radius 1 is 1.41 bits per heavy atom. The number of fused-ring (bicyclic) bond motifs is 1. The van der Waals surface area contributed by atoms with Crippen LogP contribution in [0.1, 0.15) is 36.7 Å². The van der Waals surface area contributed by atoms with E-state index >= 15 is 0 Å². The van der Waals surface area contributed by atoms with Gasteiger partial charge in [-0.3, -0.25) is 14.4 Å². The fourth-order valence-corrected chi connectivity index (χ4v) is 4.63. The Balaban J connectivity index is 1.48. The first kappa shape index (κ1) is 21.7. The number of nitriles is 1. The molecule has 4 atom stereocenters. The van der Waals surface area contributed by atoms with E-state index in [-0.39, 0.29) is 36.0 Å². The van der Waals surface area contributed by atoms with Gasteiger partial charge in [-0.2, -0.15) is 5.26 Å². The van der Waals surface area contributed by atoms with Crippen molar-refractivity contribution in [2.24, 2.45) is 11.8 Å². The third kappa shape index (κ3) is 3.88. The van der Waals surface area contributed by atoms with Crippen molar-refractivity contribution in [3.8, 4) is 11.8 Å². The number of ether oxygens (including phenoxy) is 1. The lowest BCUT2D eigenvalue weighted by Crippen LogP contribution is -2.65. The Hall–Kier alpha value is -3.54. The molecular formula is C23H27N5O4. The number of aromatic nitrogens is 1. The topological polar surface area (TPSA) is 127 Å². The summed E-state index contributed by atoms with van der Waals surface area (Å²) in [5.74, 6) is -0.295. The van der Waals surface area contributed by atoms with E-state index in [0.29, 0.717) is 31.0 Å². The monoisotopic (exact) mass is 437 g/mol. The SMILES string of the molecule is CCC1CN(C(=O)c2cc3c(OC)cccc3[nH]2)C1C(=O)NC(C#N)CC1CCNC1=O. The lowest BCUT2D eigenvalue weighted by atomic mass is 9.85. The van der Waals surface area contributed by atoms with Crippen LogP contribution in [0, 0.1) is 23.2 Å². The van der Waals surface area contributed by atoms with E-state index in [2.05, 4.69) is 21.7 Å². The van der Waals surface area contributed by atoms with E-state index in [9.17, 15) is 19.6 Å². The van der Waals surface area contributed by atoms with Crippen molar-refractivity contribution >= 4 is 28.6 Å². The second-order valence-electron chi connectivity index (χ2n) is 8.38. The molecule has 1 aromatic carbocycles. The Bertz CT molecular complexity index is 1090. The van der Waals surface area contributed by atoms with E-state index in [0.717, 1.165) is 17.3 Å². The highest BCUT2D eigenvalue weighted by atomic mass is 16.5. The van der Waals surface area contributed by atoms with Gasteiger partial charge < -0.3 is 25.3 Å². The van der Waals surface area contributed by atoms with Crippen molar-refractivity contribution in [1.29, 1.82) is 5.26 Å². The molecule has 3 amide bonds. The third-order valence-electron chi connectivity index (χ3n) is 6.50. The maximum atomic E-state index is 13.2. The fourth-order valence-electron chi connectivity index (χ4n) is 4.63. The van der Waals surface area contributed by atoms with Crippen molar-refractivity contribution in [1.82, 2.24) is 20.5 Å². The summed E-state index contributed by atoms with van der Waals surface area (Å²) in [7, 11) is 1.58. The number of rotatable bonds is 7. The summed E-state index contributed by atoms with van der Waals surface area (Å²) in [4.78, 5) is 42.7. The number of H-pyrrole nitrogens is 1. The quantitative estimate of drug-likeness (QED) is 0.606. The summed E-state index contributed by atoms with van der Waals surface area (Å²) in [6, 6.07) is 7.93. The van der Waals surface area contributed by atoms with Crippen LogP contribution in [0.4, 0.5) is 0 Å². The zero-order valence-corrected chi connectivity index (χ0v) is 18.2. The number of likely N-dealkylation sites (tertiary alicyclic amines) is 1. The average Bonchev–Trinajstić information content (AvgIpc) is 3.38. The molecule has 2 aliphatic heterocycles. The number of carbonyl (C=O) groups excluding carboxylic acids is 3. The highest BCUT2D eigenvalue weighted by Gasteiger charge is 2.46. The molecule has 2 aromatic rings. The van der Waals surface area contributed by atoms with E-state index in [4.69, 9.17) is 4.74 Å². The minimum absolute atomic E-state index is 0.0204. The standard InChI is InChI=1S/C23H27N5O4/c1-3-13-12-28(23(31)18-10-16-17(27-18)5-4-6-19(16)32-2)20(13)22(30)26-15(11-24)9-14-7-8-25-21(14)29/h4-6,10,13-15,20,27H,3,7-9,12H2,1-2H3,(H,25,29)(H,26,30). The second-order valence-corrected chi connectivity index (χ2v) is 8.38. The minimum atomic E-state index is -0.774. The molecule has 2 fully saturated rings. The van der Waals surface area contributed by atoms with E-state index < -0.39 is 12.1 Å². The van der Waals surface area contributed by atoms with E-state index in [1.165, 1.54) is 4.90 Å². The highest BCUT2D eigenvalue weighted by Crippen LogP contribution is 2.32. The Morgan fingerprint density at radius 3 is 2.88 bits per heavy atom. The fraction of sp³-hybridized carbons (Fsp3) is 0.478. The van der Waals surface area contributed by atoms with Crippen LogP contribution in [-0.4, -0.2) is 59.9 Å². The van der Waals surface area contributed by atoms with Crippen molar-refractivity contribution in [3.63, 3.8) is 0 Å². The Labute approximate surface area is 186 Å². The summed E-state index contributed by atoms with van der Waals surface area (Å²) in [5.41, 5.74) is 1.16. The zero-order valence-electron chi connectivity index (χ0n) is 18.2. The summed E-state index contributed by atoms with van der Waals surface area (Å²) >= 11 is 0. The molecule has 0 radical (unpaired) electrons. The number of hydrogen-bond donors (Lipinski definition) is 3. The van der Waals surface area contributed by atoms with Gasteiger partial charge in [-0.05, 0) is 37.5 Å². The normalized spacial score (nSPS) is 23.2. The number of carbonyl (C=O) groups is 3. The van der Waals surface area contributed by atoms with Gasteiger partial charge in [-0.25, -0.2) is 0 Å². The van der Waals surface area contributed by atoms with Crippen LogP contribution in [0.5, 0.6) is 5.75 Å². The first-order valence-corrected chi connectivity index (χ1v) is 10.9. The molecule has 9 nitrogen and oxygen atoms in total. The molecule has 32 heavy (non-hydrogen) atoms. The average molecular weight is 438 g/mol. The van der Waals surface area contributed by atoms with Gasteiger partial charge in [-0.1, -0.05) is 13.0 Å². The lowest BCUT2D eigenvalue weighted by Gasteiger charge is -2.46. The van der Waals surface area contributed by atoms with Crippen LogP contribution in [0.15, 0.2) is 24.3 Å². The molecule has 1 aromatic heterocycles. The van der Waals surface area contributed by atoms with Gasteiger partial charge in [0.05, 0.1) is 13.2 Å². The number of benzene rings is 1. The van der Waals surface area contributed by atoms with Crippen molar-refractivity contribution in [3.05, 3.63) is 30.0 Å². The van der Waals surface area contributed by atoms with Gasteiger partial charge in [-0.15, -0.1) is 0 Å². The first-order valence-electron chi connectivity index (χ1n) is 10.9. The summed E-state index contributed by atoms with van der Waals surface area (Å²) in [6.07, 6.45) is 1.67. The predicted octanol–water partition coefficient (Wildman–Crippen LogP) is 1.56. The van der Waals surface area contributed by atoms with E-state index in [1.807, 2.05) is 25.1 Å². The van der Waals surface area contributed by atoms with Crippen LogP contribution in [0.2, 0.25) is 0 Å². The van der Waals surface area contributed by atoms with Crippen molar-refractivity contribution in [2.45, 2.75) is 38.3 Å². The van der Waals surface area contributed by atoms with Crippen LogP contribution in [-0.2, 0) is 9.59 Å². The van der Waals surface area contributed by atoms with Gasteiger partial charge in [0, 0.05) is 35.8 Å². The van der Waals surface area contributed by atoms with Crippen LogP contribution in [0.3, 0.4) is 0 Å². The van der Waals surface area contributed by atoms with Gasteiger partial charge >= 0.3 is 0 Å². The molecule has 0 aliphatic carbocycles. The van der Waals surface area contributed by atoms with Crippen molar-refractivity contribution in [2.75, 3.05) is 20.2 Å². The molecule has 4 rings (SSSR count). The minimum Gasteiger partial charge on any atom is -0.496 e. The molecule has 4 unspecified atom stereocenters. The van der Waals surface area contributed by atoms with Gasteiger partial charge in [0.2, 0.25) is 11.8 Å². The number of amides is 3. The summed E-state index contributed by atoms with van der Waals surface area (Å²) < 4.78 is 5.37. The van der Waals surface area contributed by atoms with Gasteiger partial charge in [0.25, 0.3) is 5.91 Å². The number of nitrogens with zero attached hydrogens (tertiary/aromatic N) is 2. The maximum Gasteiger partial charge on any atom is 0.271 e. The lowest BCUT2D eigenvalue weighted by molar-refractivity contribution is -0.134. The highest BCUT2D eigenvalue weighted by molar-refractivity contribution is 6.02. The third-order valence-corrected chi connectivity index (χ3v) is 6.50. The van der Waals surface area contributed by atoms with Crippen molar-refractivity contribution < 1.29 is 19.1 Å². The molecule has 2 saturated heterocycles. The number of nitrogens with one attached hydrogen (secondary N) is 3. The number of methoxy groups -OCH3 is 1. The molecular weight excluding hydrogens is 410 g/mol. The molecule has 0 saturated carbocycles. The molecule has 9 heteroatoms. The smallest absolute Gasteiger partial charge is 0.271 e. The Morgan fingerprint density at radius 2 is 2.22 bits per heavy atom. The summed E-state index contributed by atoms with van der Waals surface area (Å²) in [6.45, 7) is 3.04. The van der Waals surface area contributed by atoms with Crippen LogP contribution in [0.25, 0.3) is 10.9 Å². The molecule has 3 heterocycles. The summed E-state index contributed by atoms with van der Waals surface area (Å²) in [5, 5.41) is 15.8. The Kier molecular flexibility index (Phi) is 6.04. The molecule has 2 aliphatic rings. The predicted molar refractivity (Wildman–Crippen MR) is 117 cm³/mol. The maximum absolute atomic E-state index is 13.2. The number of aromatic amines is 1. The largest absolute Gasteiger partial charge is 0.496 e. The molecule has 0 bridgehead atoms. The molecule has 3 N–H and O–H groups in total. The second kappa shape index (κ2) is 8.91. The molecule has 0 spiro atoms.